The van der Waals surface area contributed by atoms with Crippen LogP contribution in [0.25, 0.3) is 10.2 Å². The molecule has 2 aromatic carbocycles. The number of amides is 1. The molecule has 0 aliphatic heterocycles. The maximum Gasteiger partial charge on any atom is 0.260 e. The molecule has 0 fully saturated rings. The summed E-state index contributed by atoms with van der Waals surface area (Å²) < 4.78 is 28.1. The topological polar surface area (TPSA) is 73.8 Å². The fraction of sp³-hybridized carbons (Fsp3) is 0.440. The number of rotatable bonds is 10. The Morgan fingerprint density at radius 1 is 1.00 bits per heavy atom. The largest absolute Gasteiger partial charge is 0.309 e. The summed E-state index contributed by atoms with van der Waals surface area (Å²) in [5, 5.41) is 0.660. The summed E-state index contributed by atoms with van der Waals surface area (Å²) in [5.41, 5.74) is 3.60. The van der Waals surface area contributed by atoms with E-state index in [4.69, 9.17) is 4.98 Å². The molecular formula is C25H35ClN4O3S2. The highest BCUT2D eigenvalue weighted by Gasteiger charge is 2.24. The molecule has 0 bridgehead atoms. The number of thiazole rings is 1. The summed E-state index contributed by atoms with van der Waals surface area (Å²) in [6.07, 6.45) is 0.793. The second kappa shape index (κ2) is 12.3. The van der Waals surface area contributed by atoms with Crippen LogP contribution in [-0.4, -0.2) is 68.8 Å². The molecule has 0 unspecified atom stereocenters. The van der Waals surface area contributed by atoms with Crippen molar-refractivity contribution < 1.29 is 13.2 Å². The number of aryl methyl sites for hydroxylation is 2. The van der Waals surface area contributed by atoms with Crippen LogP contribution in [0.3, 0.4) is 0 Å². The molecule has 1 amide bonds. The summed E-state index contributed by atoms with van der Waals surface area (Å²) in [5.74, 6) is -0.182. The van der Waals surface area contributed by atoms with E-state index in [0.29, 0.717) is 30.3 Å². The van der Waals surface area contributed by atoms with E-state index in [1.165, 1.54) is 27.8 Å². The molecule has 0 saturated carbocycles. The molecule has 1 aromatic heterocycles. The molecule has 0 atom stereocenters. The zero-order valence-electron chi connectivity index (χ0n) is 21.2. The van der Waals surface area contributed by atoms with Gasteiger partial charge in [-0.2, -0.15) is 4.31 Å². The minimum atomic E-state index is -3.57. The lowest BCUT2D eigenvalue weighted by Crippen LogP contribution is -2.33. The number of nitrogens with zero attached hydrogens (tertiary/aromatic N) is 4. The number of fused-ring (bicyclic) bond motifs is 1. The summed E-state index contributed by atoms with van der Waals surface area (Å²) in [6.45, 7) is 9.87. The predicted octanol–water partition coefficient (Wildman–Crippen LogP) is 4.96. The highest BCUT2D eigenvalue weighted by molar-refractivity contribution is 7.89. The molecular weight excluding hydrogens is 504 g/mol. The van der Waals surface area contributed by atoms with Crippen molar-refractivity contribution >= 4 is 55.0 Å². The van der Waals surface area contributed by atoms with E-state index in [0.717, 1.165) is 34.3 Å². The van der Waals surface area contributed by atoms with Crippen molar-refractivity contribution in [2.24, 2.45) is 0 Å². The zero-order valence-corrected chi connectivity index (χ0v) is 23.7. The number of hydrogen-bond acceptors (Lipinski definition) is 6. The summed E-state index contributed by atoms with van der Waals surface area (Å²) in [4.78, 5) is 22.4. The number of aromatic nitrogens is 1. The van der Waals surface area contributed by atoms with E-state index < -0.39 is 10.0 Å². The van der Waals surface area contributed by atoms with Gasteiger partial charge in [-0.05, 0) is 82.4 Å². The van der Waals surface area contributed by atoms with E-state index in [1.54, 1.807) is 17.0 Å². The van der Waals surface area contributed by atoms with Gasteiger partial charge in [0.05, 0.1) is 15.1 Å². The number of halogens is 1. The monoisotopic (exact) mass is 538 g/mol. The minimum absolute atomic E-state index is 0. The minimum Gasteiger partial charge on any atom is -0.309 e. The van der Waals surface area contributed by atoms with Gasteiger partial charge in [-0.1, -0.05) is 31.3 Å². The van der Waals surface area contributed by atoms with Crippen molar-refractivity contribution in [3.8, 4) is 0 Å². The van der Waals surface area contributed by atoms with Crippen molar-refractivity contribution in [1.82, 2.24) is 14.2 Å². The standard InChI is InChI=1S/C25H34N4O3S2.ClH/c1-7-28(8-2)34(31,32)21-12-10-20(11-13-21)24(30)29(15-9-14-27(5)6)25-26-23-19(4)16-18(3)17-22(23)33-25;/h10-13,16-17H,7-9,14-15H2,1-6H3;1H. The van der Waals surface area contributed by atoms with Crippen LogP contribution in [0, 0.1) is 13.8 Å². The predicted molar refractivity (Wildman–Crippen MR) is 148 cm³/mol. The first kappa shape index (κ1) is 29.2. The number of anilines is 1. The van der Waals surface area contributed by atoms with Crippen LogP contribution < -0.4 is 4.90 Å². The second-order valence-electron chi connectivity index (χ2n) is 8.65. The molecule has 10 heteroatoms. The van der Waals surface area contributed by atoms with E-state index in [-0.39, 0.29) is 23.2 Å². The van der Waals surface area contributed by atoms with Gasteiger partial charge >= 0.3 is 0 Å². The second-order valence-corrected chi connectivity index (χ2v) is 11.6. The number of carbonyl (C=O) groups excluding carboxylic acids is 1. The Labute approximate surface area is 219 Å². The Morgan fingerprint density at radius 3 is 2.20 bits per heavy atom. The first-order valence-electron chi connectivity index (χ1n) is 11.5. The van der Waals surface area contributed by atoms with Gasteiger partial charge in [0.15, 0.2) is 5.13 Å². The van der Waals surface area contributed by atoms with E-state index in [1.807, 2.05) is 34.9 Å². The number of carbonyl (C=O) groups is 1. The van der Waals surface area contributed by atoms with Gasteiger partial charge < -0.3 is 4.90 Å². The molecule has 0 aliphatic carbocycles. The van der Waals surface area contributed by atoms with E-state index in [2.05, 4.69) is 24.0 Å². The average Bonchev–Trinajstić information content (AvgIpc) is 3.21. The van der Waals surface area contributed by atoms with Crippen molar-refractivity contribution in [3.63, 3.8) is 0 Å². The van der Waals surface area contributed by atoms with Gasteiger partial charge in [-0.15, -0.1) is 12.4 Å². The molecule has 192 valence electrons. The number of benzene rings is 2. The van der Waals surface area contributed by atoms with Crippen LogP contribution in [0.1, 0.15) is 41.8 Å². The lowest BCUT2D eigenvalue weighted by molar-refractivity contribution is 0.0986. The van der Waals surface area contributed by atoms with E-state index in [9.17, 15) is 13.2 Å². The van der Waals surface area contributed by atoms with Gasteiger partial charge in [-0.3, -0.25) is 9.69 Å². The number of hydrogen-bond donors (Lipinski definition) is 0. The van der Waals surface area contributed by atoms with Crippen LogP contribution >= 0.6 is 23.7 Å². The molecule has 35 heavy (non-hydrogen) atoms. The highest BCUT2D eigenvalue weighted by atomic mass is 35.5. The maximum absolute atomic E-state index is 13.6. The first-order valence-corrected chi connectivity index (χ1v) is 13.8. The maximum atomic E-state index is 13.6. The smallest absolute Gasteiger partial charge is 0.260 e. The van der Waals surface area contributed by atoms with Crippen molar-refractivity contribution in [2.45, 2.75) is 39.0 Å². The fourth-order valence-corrected chi connectivity index (χ4v) is 6.57. The summed E-state index contributed by atoms with van der Waals surface area (Å²) in [7, 11) is 0.437. The molecule has 1 heterocycles. The van der Waals surface area contributed by atoms with Gasteiger partial charge in [0.2, 0.25) is 10.0 Å². The summed E-state index contributed by atoms with van der Waals surface area (Å²) >= 11 is 1.51. The Bertz CT molecular complexity index is 1250. The molecule has 3 aromatic rings. The molecule has 0 spiro atoms. The van der Waals surface area contributed by atoms with Crippen LogP contribution in [0.5, 0.6) is 0 Å². The molecule has 0 saturated heterocycles. The SMILES string of the molecule is CCN(CC)S(=O)(=O)c1ccc(C(=O)N(CCCN(C)C)c2nc3c(C)cc(C)cc3s2)cc1.Cl. The van der Waals surface area contributed by atoms with Crippen LogP contribution in [0.15, 0.2) is 41.3 Å². The van der Waals surface area contributed by atoms with Crippen molar-refractivity contribution in [1.29, 1.82) is 0 Å². The molecule has 7 nitrogen and oxygen atoms in total. The van der Waals surface area contributed by atoms with Crippen molar-refractivity contribution in [3.05, 3.63) is 53.1 Å². The molecule has 3 rings (SSSR count). The zero-order chi connectivity index (χ0) is 25.0. The van der Waals surface area contributed by atoms with Gasteiger partial charge in [0.1, 0.15) is 0 Å². The fourth-order valence-electron chi connectivity index (χ4n) is 3.94. The quantitative estimate of drug-likeness (QED) is 0.364. The van der Waals surface area contributed by atoms with Gasteiger partial charge in [0.25, 0.3) is 5.91 Å². The third kappa shape index (κ3) is 6.59. The Balaban J connectivity index is 0.00000432. The molecule has 0 aliphatic rings. The highest BCUT2D eigenvalue weighted by Crippen LogP contribution is 2.32. The summed E-state index contributed by atoms with van der Waals surface area (Å²) in [6, 6.07) is 10.4. The Morgan fingerprint density at radius 2 is 1.63 bits per heavy atom. The molecule has 0 N–H and O–H groups in total. The van der Waals surface area contributed by atoms with Crippen LogP contribution in [-0.2, 0) is 10.0 Å². The molecule has 0 radical (unpaired) electrons. The van der Waals surface area contributed by atoms with Crippen LogP contribution in [0.4, 0.5) is 5.13 Å². The van der Waals surface area contributed by atoms with Crippen molar-refractivity contribution in [2.75, 3.05) is 45.2 Å². The third-order valence-corrected chi connectivity index (χ3v) is 8.82. The Hall–Kier alpha value is -2.04. The lowest BCUT2D eigenvalue weighted by Gasteiger charge is -2.22. The number of sulfonamides is 1. The lowest BCUT2D eigenvalue weighted by atomic mass is 10.1. The Kier molecular flexibility index (Phi) is 10.2. The average molecular weight is 539 g/mol. The van der Waals surface area contributed by atoms with Gasteiger partial charge in [0, 0.05) is 25.2 Å². The van der Waals surface area contributed by atoms with E-state index >= 15 is 0 Å². The first-order chi connectivity index (χ1) is 16.1. The van der Waals surface area contributed by atoms with Crippen LogP contribution in [0.2, 0.25) is 0 Å². The normalized spacial score (nSPS) is 11.8. The van der Waals surface area contributed by atoms with Gasteiger partial charge in [-0.25, -0.2) is 13.4 Å². The third-order valence-electron chi connectivity index (χ3n) is 5.73.